The minimum absolute atomic E-state index is 0. The van der Waals surface area contributed by atoms with Gasteiger partial charge in [-0.1, -0.05) is 0 Å². The molecule has 0 rings (SSSR count). The summed E-state index contributed by atoms with van der Waals surface area (Å²) in [6.45, 7) is 3.38. The molecule has 2 unspecified atom stereocenters. The molecule has 0 saturated heterocycles. The Morgan fingerprint density at radius 3 is 1.13 bits per heavy atom. The molecule has 31 heavy (non-hydrogen) atoms. The first-order valence-corrected chi connectivity index (χ1v) is 14.1. The van der Waals surface area contributed by atoms with E-state index in [4.69, 9.17) is 21.5 Å². The van der Waals surface area contributed by atoms with E-state index in [9.17, 15) is 14.4 Å². The zero-order chi connectivity index (χ0) is 19.4. The quantitative estimate of drug-likeness (QED) is 0.105. The van der Waals surface area contributed by atoms with Crippen LogP contribution in [-0.2, 0) is 134 Å². The molecule has 2 atom stereocenters. The molecule has 3 amide bonds. The third kappa shape index (κ3) is 20.1. The number of amides is 3. The molecule has 0 saturated carbocycles. The van der Waals surface area contributed by atoms with Crippen LogP contribution < -0.4 is 16.0 Å². The van der Waals surface area contributed by atoms with Crippen LogP contribution in [0.2, 0.25) is 13.1 Å². The van der Waals surface area contributed by atoms with Crippen LogP contribution in [0, 0.1) is 22.3 Å². The fourth-order valence-corrected chi connectivity index (χ4v) is 11.5. The molecule has 0 aromatic heterocycles. The van der Waals surface area contributed by atoms with Gasteiger partial charge in [0.15, 0.2) is 0 Å². The first kappa shape index (κ1) is 50.1. The Kier molecular flexibility index (Phi) is 43.3. The summed E-state index contributed by atoms with van der Waals surface area (Å²) < 4.78 is 28.5. The second-order valence-corrected chi connectivity index (χ2v) is 15.0. The van der Waals surface area contributed by atoms with Gasteiger partial charge in [-0.2, -0.15) is 19.2 Å². The molecule has 0 spiro atoms. The minimum Gasteiger partial charge on any atom is -0.528 e. The monoisotopic (exact) mass is 722 g/mol. The molecular weight excluding hydrogens is 689 g/mol. The van der Waals surface area contributed by atoms with Crippen molar-refractivity contribution in [2.45, 2.75) is 13.1 Å². The average molecular weight is 722 g/mol. The van der Waals surface area contributed by atoms with E-state index < -0.39 is 25.9 Å². The van der Waals surface area contributed by atoms with Crippen molar-refractivity contribution in [3.8, 4) is 0 Å². The maximum Gasteiger partial charge on any atom is 0.500 e. The van der Waals surface area contributed by atoms with Crippen LogP contribution in [0.3, 0.4) is 0 Å². The van der Waals surface area contributed by atoms with Gasteiger partial charge in [0, 0.05) is 132 Å². The predicted molar refractivity (Wildman–Crippen MR) is 113 cm³/mol. The molecule has 0 aromatic rings. The van der Waals surface area contributed by atoms with Gasteiger partial charge in [-0.3, -0.25) is 0 Å². The molecule has 0 aromatic carbocycles. The van der Waals surface area contributed by atoms with Crippen LogP contribution in [0.25, 0.3) is 0 Å². The summed E-state index contributed by atoms with van der Waals surface area (Å²) in [5.41, 5.74) is 0. The molecule has 0 aliphatic rings. The third-order valence-corrected chi connectivity index (χ3v) is 13.8. The number of carbonyl (C=O) groups excluding carboxylic acids is 3. The van der Waals surface area contributed by atoms with Gasteiger partial charge in [0.05, 0.1) is 6.17 Å². The van der Waals surface area contributed by atoms with Crippen LogP contribution in [0.15, 0.2) is 0 Å². The van der Waals surface area contributed by atoms with Crippen LogP contribution in [-0.4, -0.2) is 85.0 Å². The van der Waals surface area contributed by atoms with Gasteiger partial charge in [-0.05, 0) is 13.1 Å². The summed E-state index contributed by atoms with van der Waals surface area (Å²) >= 11 is 0. The Labute approximate surface area is 266 Å². The molecule has 11 nitrogen and oxygen atoms in total. The normalized spacial score (nSPS) is 14.6. The summed E-state index contributed by atoms with van der Waals surface area (Å²) in [5, 5.41) is 7.14. The Bertz CT molecular complexity index is 425. The summed E-state index contributed by atoms with van der Waals surface area (Å²) in [5.74, 6) is 0. The third-order valence-electron chi connectivity index (χ3n) is 3.26. The van der Waals surface area contributed by atoms with E-state index >= 15 is 0 Å². The Hall–Kier alpha value is 2.17. The molecule has 3 N–H and O–H groups in total. The van der Waals surface area contributed by atoms with Crippen LogP contribution in [0.4, 0.5) is 0 Å². The van der Waals surface area contributed by atoms with Gasteiger partial charge in [-0.15, -0.1) is 0 Å². The van der Waals surface area contributed by atoms with Crippen LogP contribution >= 0.6 is 0 Å². The minimum atomic E-state index is -3.54. The van der Waals surface area contributed by atoms with E-state index in [1.165, 1.54) is 27.7 Å². The van der Waals surface area contributed by atoms with E-state index in [-0.39, 0.29) is 139 Å². The summed E-state index contributed by atoms with van der Waals surface area (Å²) in [4.78, 5) is 31.6. The van der Waals surface area contributed by atoms with E-state index in [1.54, 1.807) is 25.9 Å². The standard InChI is InChI=1S/C11H24N3O8Si3.3CH3.3Y/c1-18-23(4,9-12-6-15)21-25(20-3,11-14-8-17)22-24(5,19-2)10-13-7-16;;;;;;/h9-11H2,1-5H3,(H,12,15)(H,13,16)(H,14,17);3*1H3;;;/q-3;3*-1;;;. The molecule has 179 valence electrons. The summed E-state index contributed by atoms with van der Waals surface area (Å²) in [6, 6.07) is 0. The Morgan fingerprint density at radius 2 is 0.903 bits per heavy atom. The second-order valence-electron chi connectivity index (χ2n) is 5.13. The number of hydrogen-bond donors (Lipinski definition) is 3. The molecule has 0 bridgehead atoms. The van der Waals surface area contributed by atoms with Crippen molar-refractivity contribution in [1.82, 2.24) is 16.0 Å². The first-order chi connectivity index (χ1) is 11.8. The van der Waals surface area contributed by atoms with E-state index in [0.717, 1.165) is 0 Å². The van der Waals surface area contributed by atoms with Crippen molar-refractivity contribution < 1.29 is 134 Å². The summed E-state index contributed by atoms with van der Waals surface area (Å²) in [6.07, 6.45) is 4.73. The largest absolute Gasteiger partial charge is 0.528 e. The molecule has 17 heteroatoms. The Balaban J connectivity index is -0.000000192. The SMILES string of the molecule is CO[Si](C)(CN[C-]=O)O[Si](CN[C-]=O)(OC)O[Si](C)(CN[C-]=O)OC.[CH3-].[CH3-].[CH3-].[Y].[Y].[Y]. The Morgan fingerprint density at radius 1 is 0.613 bits per heavy atom. The van der Waals surface area contributed by atoms with Crippen molar-refractivity contribution >= 4 is 45.2 Å². The van der Waals surface area contributed by atoms with Gasteiger partial charge >= 0.3 is 25.9 Å². The summed E-state index contributed by atoms with van der Waals surface area (Å²) in [7, 11) is -5.22. The van der Waals surface area contributed by atoms with Crippen molar-refractivity contribution in [3.05, 3.63) is 22.3 Å². The van der Waals surface area contributed by atoms with Crippen LogP contribution in [0.1, 0.15) is 0 Å². The molecule has 0 aliphatic heterocycles. The second kappa shape index (κ2) is 26.8. The molecule has 3 radical (unpaired) electrons. The average Bonchev–Trinajstić information content (AvgIpc) is 2.63. The van der Waals surface area contributed by atoms with Gasteiger partial charge in [0.2, 0.25) is 0 Å². The van der Waals surface area contributed by atoms with Gasteiger partial charge < -0.3 is 74.1 Å². The van der Waals surface area contributed by atoms with Crippen LogP contribution in [0.5, 0.6) is 0 Å². The topological polar surface area (TPSA) is 133 Å². The molecule has 0 aliphatic carbocycles. The van der Waals surface area contributed by atoms with E-state index in [2.05, 4.69) is 16.0 Å². The van der Waals surface area contributed by atoms with Crippen molar-refractivity contribution in [2.24, 2.45) is 0 Å². The van der Waals surface area contributed by atoms with Gasteiger partial charge in [-0.25, -0.2) is 0 Å². The molecule has 0 heterocycles. The molecular formula is C14H33N3O8Si3Y3-6. The smallest absolute Gasteiger partial charge is 0.500 e. The maximum absolute atomic E-state index is 10.6. The van der Waals surface area contributed by atoms with Gasteiger partial charge in [0.1, 0.15) is 0 Å². The van der Waals surface area contributed by atoms with Crippen molar-refractivity contribution in [1.29, 1.82) is 0 Å². The fourth-order valence-electron chi connectivity index (χ4n) is 1.74. The van der Waals surface area contributed by atoms with Crippen molar-refractivity contribution in [2.75, 3.05) is 39.8 Å². The van der Waals surface area contributed by atoms with Gasteiger partial charge in [0.25, 0.3) is 0 Å². The van der Waals surface area contributed by atoms with E-state index in [0.29, 0.717) is 0 Å². The first-order valence-electron chi connectivity index (χ1n) is 7.14. The number of hydrogen-bond acceptors (Lipinski definition) is 8. The van der Waals surface area contributed by atoms with E-state index in [1.807, 2.05) is 0 Å². The van der Waals surface area contributed by atoms with Crippen molar-refractivity contribution in [3.63, 3.8) is 0 Å². The molecule has 0 fully saturated rings. The predicted octanol–water partition coefficient (Wildman–Crippen LogP) is -1.03. The number of rotatable bonds is 16. The maximum atomic E-state index is 10.6. The zero-order valence-electron chi connectivity index (χ0n) is 19.6. The number of nitrogens with one attached hydrogen (secondary N) is 3. The zero-order valence-corrected chi connectivity index (χ0v) is 31.1. The fraction of sp³-hybridized carbons (Fsp3) is 0.571.